The van der Waals surface area contributed by atoms with E-state index in [2.05, 4.69) is 30.6 Å². The molecule has 10 nitrogen and oxygen atoms in total. The number of H-pyrrole nitrogens is 1. The second-order valence-corrected chi connectivity index (χ2v) is 11.1. The summed E-state index contributed by atoms with van der Waals surface area (Å²) >= 11 is 12.8. The molecule has 1 saturated heterocycles. The van der Waals surface area contributed by atoms with Gasteiger partial charge < -0.3 is 20.5 Å². The van der Waals surface area contributed by atoms with Crippen LogP contribution < -0.4 is 10.6 Å². The number of nitrogens with one attached hydrogen (secondary N) is 3. The molecule has 0 radical (unpaired) electrons. The number of carbonyl (C=O) groups excluding carboxylic acids is 2. The van der Waals surface area contributed by atoms with Crippen LogP contribution in [-0.4, -0.2) is 54.7 Å². The number of anilines is 1. The molecule has 6 rings (SSSR count). The van der Waals surface area contributed by atoms with Gasteiger partial charge in [0.25, 0.3) is 5.91 Å². The molecule has 0 bridgehead atoms. The van der Waals surface area contributed by atoms with Gasteiger partial charge in [0.2, 0.25) is 5.91 Å². The molecule has 4 heterocycles. The van der Waals surface area contributed by atoms with Crippen molar-refractivity contribution >= 4 is 62.8 Å². The Hall–Kier alpha value is -4.28. The Morgan fingerprint density at radius 2 is 1.90 bits per heavy atom. The standard InChI is InChI=1S/C30H28Cl2N8O2/c31-19-5-6-23-26(12-19)39-29(37-23)24(7-8-27(41)34-16-18-4-3-9-33-15-18)38-28-21-13-22(32)20(14-25(21)35-17-36-28)30(42)40-10-1-2-11-40/h3-6,9,12-15,17,24H,1-2,7-8,10-11,16H2,(H,34,41)(H,37,39)(H,35,36,38). The van der Waals surface area contributed by atoms with E-state index in [1.165, 1.54) is 6.33 Å². The number of pyridine rings is 1. The predicted molar refractivity (Wildman–Crippen MR) is 162 cm³/mol. The first-order chi connectivity index (χ1) is 20.4. The Labute approximate surface area is 251 Å². The molecule has 2 aromatic carbocycles. The highest BCUT2D eigenvalue weighted by molar-refractivity contribution is 6.35. The highest BCUT2D eigenvalue weighted by Crippen LogP contribution is 2.32. The van der Waals surface area contributed by atoms with Crippen molar-refractivity contribution in [2.24, 2.45) is 0 Å². The first kappa shape index (κ1) is 27.9. The maximum atomic E-state index is 13.1. The molecule has 5 aromatic rings. The Balaban J connectivity index is 1.27. The van der Waals surface area contributed by atoms with Crippen molar-refractivity contribution in [1.29, 1.82) is 0 Å². The van der Waals surface area contributed by atoms with Gasteiger partial charge in [-0.25, -0.2) is 15.0 Å². The molecule has 0 saturated carbocycles. The summed E-state index contributed by atoms with van der Waals surface area (Å²) in [5.74, 6) is 0.946. The zero-order valence-corrected chi connectivity index (χ0v) is 24.1. The normalized spacial score (nSPS) is 13.9. The first-order valence-corrected chi connectivity index (χ1v) is 14.5. The number of aromatic amines is 1. The number of imidazole rings is 1. The van der Waals surface area contributed by atoms with E-state index in [1.54, 1.807) is 30.6 Å². The SMILES string of the molecule is O=C(CCC(Nc1ncnc2cc(C(=O)N3CCCC3)c(Cl)cc12)c1nc2ccc(Cl)cc2[nH]1)NCc1cccnc1. The second-order valence-electron chi connectivity index (χ2n) is 10.2. The summed E-state index contributed by atoms with van der Waals surface area (Å²) < 4.78 is 0. The van der Waals surface area contributed by atoms with Gasteiger partial charge in [0, 0.05) is 48.9 Å². The first-order valence-electron chi connectivity index (χ1n) is 13.8. The number of rotatable bonds is 9. The van der Waals surface area contributed by atoms with Crippen LogP contribution in [0.3, 0.4) is 0 Å². The molecule has 42 heavy (non-hydrogen) atoms. The van der Waals surface area contributed by atoms with Crippen molar-refractivity contribution in [2.45, 2.75) is 38.3 Å². The summed E-state index contributed by atoms with van der Waals surface area (Å²) in [6.45, 7) is 1.84. The number of halogens is 2. The maximum absolute atomic E-state index is 13.1. The summed E-state index contributed by atoms with van der Waals surface area (Å²) in [7, 11) is 0. The minimum Gasteiger partial charge on any atom is -0.359 e. The van der Waals surface area contributed by atoms with Crippen molar-refractivity contribution in [3.8, 4) is 0 Å². The number of hydrogen-bond donors (Lipinski definition) is 3. The van der Waals surface area contributed by atoms with Gasteiger partial charge >= 0.3 is 0 Å². The van der Waals surface area contributed by atoms with Crippen LogP contribution in [0.2, 0.25) is 10.0 Å². The number of amides is 2. The summed E-state index contributed by atoms with van der Waals surface area (Å²) in [5, 5.41) is 7.98. The van der Waals surface area contributed by atoms with Crippen molar-refractivity contribution in [2.75, 3.05) is 18.4 Å². The fourth-order valence-electron chi connectivity index (χ4n) is 5.12. The summed E-state index contributed by atoms with van der Waals surface area (Å²) in [5.41, 5.74) is 3.46. The van der Waals surface area contributed by atoms with E-state index in [4.69, 9.17) is 28.2 Å². The van der Waals surface area contributed by atoms with E-state index in [-0.39, 0.29) is 18.2 Å². The van der Waals surface area contributed by atoms with Gasteiger partial charge in [-0.3, -0.25) is 14.6 Å². The van der Waals surface area contributed by atoms with E-state index >= 15 is 0 Å². The molecule has 12 heteroatoms. The number of fused-ring (bicyclic) bond motifs is 2. The topological polar surface area (TPSA) is 129 Å². The molecule has 0 aliphatic carbocycles. The Morgan fingerprint density at radius 3 is 2.71 bits per heavy atom. The van der Waals surface area contributed by atoms with Crippen LogP contribution in [0.4, 0.5) is 5.82 Å². The van der Waals surface area contributed by atoms with Gasteiger partial charge in [0.15, 0.2) is 0 Å². The fourth-order valence-corrected chi connectivity index (χ4v) is 5.54. The quantitative estimate of drug-likeness (QED) is 0.197. The van der Waals surface area contributed by atoms with Crippen LogP contribution in [0.25, 0.3) is 21.9 Å². The molecule has 1 unspecified atom stereocenters. The van der Waals surface area contributed by atoms with Crippen LogP contribution in [0.1, 0.15) is 53.5 Å². The van der Waals surface area contributed by atoms with Crippen molar-refractivity contribution < 1.29 is 9.59 Å². The van der Waals surface area contributed by atoms with Gasteiger partial charge in [-0.2, -0.15) is 0 Å². The summed E-state index contributed by atoms with van der Waals surface area (Å²) in [6.07, 6.45) is 7.48. The number of benzene rings is 2. The second kappa shape index (κ2) is 12.3. The number of likely N-dealkylation sites (tertiary alicyclic amines) is 1. The van der Waals surface area contributed by atoms with Gasteiger partial charge in [-0.15, -0.1) is 0 Å². The molecule has 1 fully saturated rings. The Morgan fingerprint density at radius 1 is 1.05 bits per heavy atom. The van der Waals surface area contributed by atoms with Crippen molar-refractivity contribution in [1.82, 2.24) is 35.1 Å². The molecule has 0 spiro atoms. The molecule has 1 atom stereocenters. The molecule has 1 aliphatic rings. The van der Waals surface area contributed by atoms with Crippen molar-refractivity contribution in [3.63, 3.8) is 0 Å². The smallest absolute Gasteiger partial charge is 0.255 e. The lowest BCUT2D eigenvalue weighted by Crippen LogP contribution is -2.27. The third-order valence-corrected chi connectivity index (χ3v) is 7.87. The van der Waals surface area contributed by atoms with Gasteiger partial charge in [0.1, 0.15) is 18.0 Å². The number of carbonyl (C=O) groups is 2. The van der Waals surface area contributed by atoms with E-state index < -0.39 is 6.04 Å². The van der Waals surface area contributed by atoms with E-state index in [9.17, 15) is 9.59 Å². The molecular weight excluding hydrogens is 575 g/mol. The summed E-state index contributed by atoms with van der Waals surface area (Å²) in [6, 6.07) is 12.2. The highest BCUT2D eigenvalue weighted by atomic mass is 35.5. The number of hydrogen-bond acceptors (Lipinski definition) is 7. The molecule has 3 N–H and O–H groups in total. The molecule has 3 aromatic heterocycles. The maximum Gasteiger partial charge on any atom is 0.255 e. The van der Waals surface area contributed by atoms with Crippen LogP contribution >= 0.6 is 23.2 Å². The Bertz CT molecular complexity index is 1760. The highest BCUT2D eigenvalue weighted by Gasteiger charge is 2.24. The average molecular weight is 604 g/mol. The van der Waals surface area contributed by atoms with E-state index in [0.29, 0.717) is 51.1 Å². The number of aromatic nitrogens is 5. The largest absolute Gasteiger partial charge is 0.359 e. The lowest BCUT2D eigenvalue weighted by molar-refractivity contribution is -0.121. The molecule has 214 valence electrons. The lowest BCUT2D eigenvalue weighted by atomic mass is 10.1. The van der Waals surface area contributed by atoms with Crippen molar-refractivity contribution in [3.05, 3.63) is 88.2 Å². The molecule has 1 aliphatic heterocycles. The zero-order chi connectivity index (χ0) is 29.1. The fraction of sp³-hybridized carbons (Fsp3) is 0.267. The van der Waals surface area contributed by atoms with E-state index in [0.717, 1.165) is 42.5 Å². The predicted octanol–water partition coefficient (Wildman–Crippen LogP) is 5.69. The van der Waals surface area contributed by atoms with Gasteiger partial charge in [-0.1, -0.05) is 29.3 Å². The van der Waals surface area contributed by atoms with Crippen LogP contribution in [-0.2, 0) is 11.3 Å². The van der Waals surface area contributed by atoms with Gasteiger partial charge in [-0.05, 0) is 61.2 Å². The Kier molecular flexibility index (Phi) is 8.16. The van der Waals surface area contributed by atoms with Crippen LogP contribution in [0, 0.1) is 0 Å². The van der Waals surface area contributed by atoms with Crippen LogP contribution in [0.15, 0.2) is 61.2 Å². The molecule has 2 amide bonds. The lowest BCUT2D eigenvalue weighted by Gasteiger charge is -2.19. The van der Waals surface area contributed by atoms with E-state index in [1.807, 2.05) is 29.2 Å². The average Bonchev–Trinajstić information content (AvgIpc) is 3.69. The minimum atomic E-state index is -0.414. The van der Waals surface area contributed by atoms with Crippen LogP contribution in [0.5, 0.6) is 0 Å². The zero-order valence-electron chi connectivity index (χ0n) is 22.6. The number of nitrogens with zero attached hydrogens (tertiary/aromatic N) is 5. The summed E-state index contributed by atoms with van der Waals surface area (Å²) in [4.78, 5) is 48.8. The monoisotopic (exact) mass is 602 g/mol. The minimum absolute atomic E-state index is 0.0939. The molecular formula is C30H28Cl2N8O2. The third-order valence-electron chi connectivity index (χ3n) is 7.32. The van der Waals surface area contributed by atoms with Gasteiger partial charge in [0.05, 0.1) is 33.2 Å². The third kappa shape index (κ3) is 6.14.